The second-order valence-corrected chi connectivity index (χ2v) is 7.20. The van der Waals surface area contributed by atoms with Crippen molar-refractivity contribution < 1.29 is 13.2 Å². The molecule has 3 rings (SSSR count). The molecule has 0 spiro atoms. The van der Waals surface area contributed by atoms with Crippen molar-refractivity contribution in [1.29, 1.82) is 0 Å². The Balaban J connectivity index is 2.07. The quantitative estimate of drug-likeness (QED) is 0.625. The number of hydrogen-bond acceptors (Lipinski definition) is 2. The van der Waals surface area contributed by atoms with Gasteiger partial charge in [0.15, 0.2) is 0 Å². The highest BCUT2D eigenvalue weighted by Gasteiger charge is 2.23. The Kier molecular flexibility index (Phi) is 6.33. The van der Waals surface area contributed by atoms with Crippen LogP contribution in [-0.2, 0) is 0 Å². The lowest BCUT2D eigenvalue weighted by Gasteiger charge is -2.36. The first-order valence-corrected chi connectivity index (χ1v) is 9.72. The van der Waals surface area contributed by atoms with E-state index in [2.05, 4.69) is 16.7 Å². The summed E-state index contributed by atoms with van der Waals surface area (Å²) in [6, 6.07) is 6.92. The standard InChI is InChI=1S/C21H24ClF3N2/c1-3-19(24)18-13-15(27-9-7-26(4-2)8-10-27)12-17(21(18)22)16-6-5-14(23)11-20(16)25/h5-6,11-13,19H,3-4,7-10H2,1-2H3. The number of hydrogen-bond donors (Lipinski definition) is 0. The van der Waals surface area contributed by atoms with E-state index in [9.17, 15) is 13.2 Å². The van der Waals surface area contributed by atoms with Gasteiger partial charge in [-0.2, -0.15) is 0 Å². The van der Waals surface area contributed by atoms with Gasteiger partial charge in [-0.05, 0) is 37.2 Å². The van der Waals surface area contributed by atoms with Gasteiger partial charge in [-0.3, -0.25) is 0 Å². The Hall–Kier alpha value is -1.72. The van der Waals surface area contributed by atoms with E-state index in [-0.39, 0.29) is 17.0 Å². The third-order valence-corrected chi connectivity index (χ3v) is 5.61. The van der Waals surface area contributed by atoms with Gasteiger partial charge in [0, 0.05) is 54.6 Å². The lowest BCUT2D eigenvalue weighted by atomic mass is 9.97. The fourth-order valence-corrected chi connectivity index (χ4v) is 3.82. The molecule has 146 valence electrons. The highest BCUT2D eigenvalue weighted by molar-refractivity contribution is 6.34. The molecule has 0 radical (unpaired) electrons. The number of benzene rings is 2. The Morgan fingerprint density at radius 2 is 1.70 bits per heavy atom. The Labute approximate surface area is 163 Å². The number of rotatable bonds is 5. The summed E-state index contributed by atoms with van der Waals surface area (Å²) in [7, 11) is 0. The third kappa shape index (κ3) is 4.25. The zero-order valence-corrected chi connectivity index (χ0v) is 16.4. The van der Waals surface area contributed by atoms with Crippen LogP contribution >= 0.6 is 11.6 Å². The topological polar surface area (TPSA) is 6.48 Å². The fraction of sp³-hybridized carbons (Fsp3) is 0.429. The van der Waals surface area contributed by atoms with E-state index in [1.807, 2.05) is 0 Å². The predicted octanol–water partition coefficient (Wildman–Crippen LogP) is 5.85. The molecule has 1 heterocycles. The van der Waals surface area contributed by atoms with Gasteiger partial charge in [0.2, 0.25) is 0 Å². The summed E-state index contributed by atoms with van der Waals surface area (Å²) in [5, 5.41) is 0.186. The van der Waals surface area contributed by atoms with Crippen molar-refractivity contribution in [3.05, 3.63) is 52.6 Å². The molecule has 0 aromatic heterocycles. The minimum absolute atomic E-state index is 0.181. The van der Waals surface area contributed by atoms with Gasteiger partial charge in [0.1, 0.15) is 17.8 Å². The molecule has 0 bridgehead atoms. The second-order valence-electron chi connectivity index (χ2n) is 6.82. The molecule has 1 saturated heterocycles. The van der Waals surface area contributed by atoms with Gasteiger partial charge in [0.05, 0.1) is 5.02 Å². The zero-order chi connectivity index (χ0) is 19.6. The van der Waals surface area contributed by atoms with Crippen LogP contribution in [0.5, 0.6) is 0 Å². The molecule has 0 amide bonds. The van der Waals surface area contributed by atoms with Crippen molar-refractivity contribution in [2.24, 2.45) is 0 Å². The van der Waals surface area contributed by atoms with Crippen molar-refractivity contribution in [1.82, 2.24) is 4.90 Å². The monoisotopic (exact) mass is 396 g/mol. The second kappa shape index (κ2) is 8.53. The molecule has 1 unspecified atom stereocenters. The van der Waals surface area contributed by atoms with E-state index in [1.54, 1.807) is 19.1 Å². The minimum Gasteiger partial charge on any atom is -0.369 e. The Morgan fingerprint density at radius 1 is 1.00 bits per heavy atom. The zero-order valence-electron chi connectivity index (χ0n) is 15.6. The smallest absolute Gasteiger partial charge is 0.133 e. The first-order valence-electron chi connectivity index (χ1n) is 9.34. The number of piperazine rings is 1. The van der Waals surface area contributed by atoms with Crippen LogP contribution in [-0.4, -0.2) is 37.6 Å². The van der Waals surface area contributed by atoms with Gasteiger partial charge >= 0.3 is 0 Å². The molecular formula is C21H24ClF3N2. The molecular weight excluding hydrogens is 373 g/mol. The first-order chi connectivity index (χ1) is 12.9. The van der Waals surface area contributed by atoms with Crippen molar-refractivity contribution in [3.8, 4) is 11.1 Å². The van der Waals surface area contributed by atoms with Crippen LogP contribution in [0.25, 0.3) is 11.1 Å². The molecule has 2 aromatic rings. The van der Waals surface area contributed by atoms with Crippen molar-refractivity contribution in [3.63, 3.8) is 0 Å². The first kappa shape index (κ1) is 20.0. The average Bonchev–Trinajstić information content (AvgIpc) is 2.68. The largest absolute Gasteiger partial charge is 0.369 e. The average molecular weight is 397 g/mol. The minimum atomic E-state index is -1.24. The molecule has 1 fully saturated rings. The molecule has 27 heavy (non-hydrogen) atoms. The summed E-state index contributed by atoms with van der Waals surface area (Å²) in [5.41, 5.74) is 1.75. The van der Waals surface area contributed by atoms with Crippen LogP contribution in [0.4, 0.5) is 18.9 Å². The van der Waals surface area contributed by atoms with Crippen molar-refractivity contribution in [2.45, 2.75) is 26.4 Å². The number of alkyl halides is 1. The Bertz CT molecular complexity index is 804. The van der Waals surface area contributed by atoms with Crippen molar-refractivity contribution >= 4 is 17.3 Å². The van der Waals surface area contributed by atoms with E-state index in [0.29, 0.717) is 11.1 Å². The third-order valence-electron chi connectivity index (χ3n) is 5.19. The van der Waals surface area contributed by atoms with E-state index in [4.69, 9.17) is 11.6 Å². The van der Waals surface area contributed by atoms with E-state index in [0.717, 1.165) is 44.5 Å². The number of nitrogens with zero attached hydrogens (tertiary/aromatic N) is 2. The maximum atomic E-state index is 14.6. The molecule has 6 heteroatoms. The van der Waals surface area contributed by atoms with Gasteiger partial charge in [-0.15, -0.1) is 0 Å². The van der Waals surface area contributed by atoms with E-state index >= 15 is 0 Å². The lowest BCUT2D eigenvalue weighted by molar-refractivity contribution is 0.271. The molecule has 1 aliphatic rings. The summed E-state index contributed by atoms with van der Waals surface area (Å²) in [4.78, 5) is 4.51. The van der Waals surface area contributed by atoms with Crippen LogP contribution in [0.2, 0.25) is 5.02 Å². The van der Waals surface area contributed by atoms with Crippen LogP contribution in [0, 0.1) is 11.6 Å². The van der Waals surface area contributed by atoms with Crippen LogP contribution in [0.1, 0.15) is 32.0 Å². The van der Waals surface area contributed by atoms with Crippen molar-refractivity contribution in [2.75, 3.05) is 37.6 Å². The SMILES string of the molecule is CCC(F)c1cc(N2CCN(CC)CC2)cc(-c2ccc(F)cc2F)c1Cl. The summed E-state index contributed by atoms with van der Waals surface area (Å²) in [6.07, 6.45) is -0.963. The highest BCUT2D eigenvalue weighted by Crippen LogP contribution is 2.40. The maximum Gasteiger partial charge on any atom is 0.133 e. The molecule has 2 aromatic carbocycles. The van der Waals surface area contributed by atoms with Gasteiger partial charge in [0.25, 0.3) is 0 Å². The molecule has 0 aliphatic carbocycles. The summed E-state index contributed by atoms with van der Waals surface area (Å²) < 4.78 is 42.3. The summed E-state index contributed by atoms with van der Waals surface area (Å²) in [6.45, 7) is 8.32. The highest BCUT2D eigenvalue weighted by atomic mass is 35.5. The normalized spacial score (nSPS) is 16.6. The fourth-order valence-electron chi connectivity index (χ4n) is 3.49. The van der Waals surface area contributed by atoms with Gasteiger partial charge in [-0.25, -0.2) is 13.2 Å². The lowest BCUT2D eigenvalue weighted by Crippen LogP contribution is -2.46. The van der Waals surface area contributed by atoms with E-state index < -0.39 is 17.8 Å². The van der Waals surface area contributed by atoms with E-state index in [1.165, 1.54) is 12.1 Å². The summed E-state index contributed by atoms with van der Waals surface area (Å²) in [5.74, 6) is -1.36. The molecule has 1 aliphatic heterocycles. The molecule has 1 atom stereocenters. The molecule has 0 saturated carbocycles. The number of anilines is 1. The summed E-state index contributed by atoms with van der Waals surface area (Å²) >= 11 is 6.46. The van der Waals surface area contributed by atoms with Crippen LogP contribution in [0.3, 0.4) is 0 Å². The van der Waals surface area contributed by atoms with Gasteiger partial charge < -0.3 is 9.80 Å². The Morgan fingerprint density at radius 3 is 2.30 bits per heavy atom. The van der Waals surface area contributed by atoms with Crippen LogP contribution < -0.4 is 4.90 Å². The number of halogens is 4. The van der Waals surface area contributed by atoms with Crippen LogP contribution in [0.15, 0.2) is 30.3 Å². The maximum absolute atomic E-state index is 14.6. The van der Waals surface area contributed by atoms with Gasteiger partial charge in [-0.1, -0.05) is 25.4 Å². The molecule has 2 nitrogen and oxygen atoms in total. The number of likely N-dealkylation sites (N-methyl/N-ethyl adjacent to an activating group) is 1. The predicted molar refractivity (Wildman–Crippen MR) is 105 cm³/mol. The molecule has 0 N–H and O–H groups in total.